The molecule has 6 heteroatoms. The molecule has 1 rings (SSSR count). The predicted octanol–water partition coefficient (Wildman–Crippen LogP) is 1.40. The highest BCUT2D eigenvalue weighted by Crippen LogP contribution is 2.38. The number of phenolic OH excluding ortho intramolecular Hbond substituents is 2. The molecule has 0 aliphatic heterocycles. The molecular formula is C9H10F2O4. The highest BCUT2D eigenvalue weighted by molar-refractivity contribution is 5.52. The van der Waals surface area contributed by atoms with Gasteiger partial charge >= 0.3 is 0 Å². The molecule has 0 aromatic heterocycles. The Bertz CT molecular complexity index is 354. The minimum absolute atomic E-state index is 0.176. The Balaban J connectivity index is 3.16. The van der Waals surface area contributed by atoms with Crippen LogP contribution in [0.2, 0.25) is 0 Å². The van der Waals surface area contributed by atoms with E-state index in [4.69, 9.17) is 10.2 Å². The van der Waals surface area contributed by atoms with Gasteiger partial charge in [-0.25, -0.2) is 8.78 Å². The van der Waals surface area contributed by atoms with E-state index in [2.05, 4.69) is 4.74 Å². The summed E-state index contributed by atoms with van der Waals surface area (Å²) in [7, 11) is 1.20. The number of aromatic hydroxyl groups is 2. The Kier molecular flexibility index (Phi) is 3.31. The van der Waals surface area contributed by atoms with E-state index in [1.807, 2.05) is 0 Å². The monoisotopic (exact) mass is 220 g/mol. The van der Waals surface area contributed by atoms with E-state index in [1.54, 1.807) is 0 Å². The van der Waals surface area contributed by atoms with Gasteiger partial charge in [0, 0.05) is 0 Å². The normalized spacial score (nSPS) is 12.9. The van der Waals surface area contributed by atoms with Gasteiger partial charge in [0.25, 0.3) is 6.43 Å². The highest BCUT2D eigenvalue weighted by atomic mass is 19.3. The molecule has 0 aliphatic rings. The van der Waals surface area contributed by atoms with Crippen LogP contribution < -0.4 is 4.74 Å². The Hall–Kier alpha value is -1.56. The zero-order valence-corrected chi connectivity index (χ0v) is 7.82. The van der Waals surface area contributed by atoms with E-state index in [0.717, 1.165) is 12.1 Å². The van der Waals surface area contributed by atoms with E-state index in [1.165, 1.54) is 7.11 Å². The number of hydrogen-bond acceptors (Lipinski definition) is 4. The van der Waals surface area contributed by atoms with Crippen LogP contribution in [0.15, 0.2) is 12.1 Å². The molecular weight excluding hydrogens is 210 g/mol. The molecule has 0 aliphatic carbocycles. The number of rotatable bonds is 3. The first-order chi connectivity index (χ1) is 6.97. The third-order valence-corrected chi connectivity index (χ3v) is 1.88. The summed E-state index contributed by atoms with van der Waals surface area (Å²) in [5.41, 5.74) is -0.225. The van der Waals surface area contributed by atoms with Crippen LogP contribution >= 0.6 is 0 Å². The predicted molar refractivity (Wildman–Crippen MR) is 47.3 cm³/mol. The van der Waals surface area contributed by atoms with Crippen molar-refractivity contribution in [3.8, 4) is 17.2 Å². The molecule has 0 bridgehead atoms. The van der Waals surface area contributed by atoms with Crippen LogP contribution in [0.4, 0.5) is 8.78 Å². The standard InChI is InChI=1S/C9H10F2O4/c1-15-6-3-4(7(13)9(10)11)2-5(12)8(6)14/h2-3,7,9,12-14H,1H3. The smallest absolute Gasteiger partial charge is 0.268 e. The molecule has 3 N–H and O–H groups in total. The average Bonchev–Trinajstić information content (AvgIpc) is 2.20. The van der Waals surface area contributed by atoms with Crippen molar-refractivity contribution < 1.29 is 28.8 Å². The SMILES string of the molecule is COc1cc(C(O)C(F)F)cc(O)c1O. The summed E-state index contributed by atoms with van der Waals surface area (Å²) in [6.07, 6.45) is -5.00. The quantitative estimate of drug-likeness (QED) is 0.673. The molecule has 0 fully saturated rings. The van der Waals surface area contributed by atoms with E-state index in [0.29, 0.717) is 0 Å². The van der Waals surface area contributed by atoms with Gasteiger partial charge in [0.1, 0.15) is 6.10 Å². The molecule has 1 aromatic carbocycles. The van der Waals surface area contributed by atoms with Gasteiger partial charge in [-0.3, -0.25) is 0 Å². The highest BCUT2D eigenvalue weighted by Gasteiger charge is 2.22. The van der Waals surface area contributed by atoms with Crippen LogP contribution in [0, 0.1) is 0 Å². The molecule has 1 atom stereocenters. The van der Waals surface area contributed by atoms with Crippen LogP contribution in [-0.2, 0) is 0 Å². The minimum atomic E-state index is -2.97. The Morgan fingerprint density at radius 3 is 2.33 bits per heavy atom. The Morgan fingerprint density at radius 1 is 1.27 bits per heavy atom. The van der Waals surface area contributed by atoms with Gasteiger partial charge < -0.3 is 20.1 Å². The number of ether oxygens (including phenoxy) is 1. The molecule has 1 unspecified atom stereocenters. The van der Waals surface area contributed by atoms with E-state index in [9.17, 15) is 13.9 Å². The lowest BCUT2D eigenvalue weighted by molar-refractivity contribution is -0.00599. The lowest BCUT2D eigenvalue weighted by atomic mass is 10.1. The zero-order chi connectivity index (χ0) is 11.6. The molecule has 0 spiro atoms. The molecule has 15 heavy (non-hydrogen) atoms. The zero-order valence-electron chi connectivity index (χ0n) is 7.82. The lowest BCUT2D eigenvalue weighted by Crippen LogP contribution is -2.08. The Morgan fingerprint density at radius 2 is 1.87 bits per heavy atom. The number of aliphatic hydroxyl groups is 1. The first kappa shape index (κ1) is 11.5. The van der Waals surface area contributed by atoms with Gasteiger partial charge in [0.15, 0.2) is 11.5 Å². The summed E-state index contributed by atoms with van der Waals surface area (Å²) in [6.45, 7) is 0. The lowest BCUT2D eigenvalue weighted by Gasteiger charge is -2.12. The van der Waals surface area contributed by atoms with Crippen molar-refractivity contribution in [2.45, 2.75) is 12.5 Å². The maximum atomic E-state index is 12.1. The molecule has 0 amide bonds. The summed E-state index contributed by atoms with van der Waals surface area (Å²) >= 11 is 0. The molecule has 0 saturated heterocycles. The van der Waals surface area contributed by atoms with E-state index in [-0.39, 0.29) is 11.3 Å². The van der Waals surface area contributed by atoms with Crippen molar-refractivity contribution in [1.29, 1.82) is 0 Å². The fourth-order valence-corrected chi connectivity index (χ4v) is 1.09. The molecule has 84 valence electrons. The second-order valence-electron chi connectivity index (χ2n) is 2.87. The van der Waals surface area contributed by atoms with Crippen molar-refractivity contribution in [3.05, 3.63) is 17.7 Å². The van der Waals surface area contributed by atoms with Gasteiger partial charge in [-0.2, -0.15) is 0 Å². The largest absolute Gasteiger partial charge is 0.504 e. The molecule has 4 nitrogen and oxygen atoms in total. The molecule has 0 heterocycles. The first-order valence-electron chi connectivity index (χ1n) is 4.03. The number of aliphatic hydroxyl groups excluding tert-OH is 1. The van der Waals surface area contributed by atoms with Crippen molar-refractivity contribution >= 4 is 0 Å². The minimum Gasteiger partial charge on any atom is -0.504 e. The van der Waals surface area contributed by atoms with Gasteiger partial charge in [0.2, 0.25) is 5.75 Å². The van der Waals surface area contributed by atoms with Crippen molar-refractivity contribution in [2.75, 3.05) is 7.11 Å². The molecule has 0 saturated carbocycles. The maximum absolute atomic E-state index is 12.1. The molecule has 1 aromatic rings. The van der Waals surface area contributed by atoms with Gasteiger partial charge in [-0.15, -0.1) is 0 Å². The number of phenols is 2. The number of hydrogen-bond donors (Lipinski definition) is 3. The average molecular weight is 220 g/mol. The second kappa shape index (κ2) is 4.31. The van der Waals surface area contributed by atoms with Crippen LogP contribution in [0.1, 0.15) is 11.7 Å². The van der Waals surface area contributed by atoms with Gasteiger partial charge in [-0.05, 0) is 17.7 Å². The van der Waals surface area contributed by atoms with Crippen molar-refractivity contribution in [3.63, 3.8) is 0 Å². The van der Waals surface area contributed by atoms with Crippen LogP contribution in [0.3, 0.4) is 0 Å². The van der Waals surface area contributed by atoms with Crippen LogP contribution in [-0.4, -0.2) is 28.9 Å². The van der Waals surface area contributed by atoms with E-state index >= 15 is 0 Å². The number of benzene rings is 1. The van der Waals surface area contributed by atoms with E-state index < -0.39 is 24.0 Å². The number of methoxy groups -OCH3 is 1. The van der Waals surface area contributed by atoms with Gasteiger partial charge in [-0.1, -0.05) is 0 Å². The van der Waals surface area contributed by atoms with Crippen molar-refractivity contribution in [2.24, 2.45) is 0 Å². The first-order valence-corrected chi connectivity index (χ1v) is 4.03. The summed E-state index contributed by atoms with van der Waals surface area (Å²) in [5, 5.41) is 27.4. The summed E-state index contributed by atoms with van der Waals surface area (Å²) in [4.78, 5) is 0. The summed E-state index contributed by atoms with van der Waals surface area (Å²) in [6, 6.07) is 1.89. The maximum Gasteiger partial charge on any atom is 0.268 e. The molecule has 0 radical (unpaired) electrons. The summed E-state index contributed by atoms with van der Waals surface area (Å²) < 4.78 is 28.9. The Labute approximate surface area is 84.4 Å². The third-order valence-electron chi connectivity index (χ3n) is 1.88. The van der Waals surface area contributed by atoms with Crippen molar-refractivity contribution in [1.82, 2.24) is 0 Å². The summed E-state index contributed by atoms with van der Waals surface area (Å²) in [5.74, 6) is -1.35. The fraction of sp³-hybridized carbons (Fsp3) is 0.333. The second-order valence-corrected chi connectivity index (χ2v) is 2.87. The number of halogens is 2. The third kappa shape index (κ3) is 2.27. The van der Waals surface area contributed by atoms with Crippen LogP contribution in [0.5, 0.6) is 17.2 Å². The topological polar surface area (TPSA) is 69.9 Å². The van der Waals surface area contributed by atoms with Gasteiger partial charge in [0.05, 0.1) is 7.11 Å². The fourth-order valence-electron chi connectivity index (χ4n) is 1.09. The number of alkyl halides is 2. The van der Waals surface area contributed by atoms with Crippen LogP contribution in [0.25, 0.3) is 0 Å².